The average molecular weight is 192 g/mol. The highest BCUT2D eigenvalue weighted by Gasteiger charge is 1.97. The summed E-state index contributed by atoms with van der Waals surface area (Å²) in [4.78, 5) is 0. The van der Waals surface area contributed by atoms with Crippen molar-refractivity contribution in [2.45, 2.75) is 13.0 Å². The SMILES string of the molecule is CNC(C)/C=C(/O)Nc1ccccc1. The van der Waals surface area contributed by atoms with E-state index in [1.165, 1.54) is 0 Å². The number of anilines is 1. The predicted molar refractivity (Wildman–Crippen MR) is 59.3 cm³/mol. The molecule has 0 aliphatic carbocycles. The first-order valence-corrected chi connectivity index (χ1v) is 4.62. The Bertz CT molecular complexity index is 295. The second-order valence-electron chi connectivity index (χ2n) is 3.12. The molecule has 3 heteroatoms. The summed E-state index contributed by atoms with van der Waals surface area (Å²) < 4.78 is 0. The third kappa shape index (κ3) is 3.49. The summed E-state index contributed by atoms with van der Waals surface area (Å²) in [5, 5.41) is 15.4. The van der Waals surface area contributed by atoms with Crippen LogP contribution in [0.5, 0.6) is 0 Å². The molecular weight excluding hydrogens is 176 g/mol. The fraction of sp³-hybridized carbons (Fsp3) is 0.273. The molecule has 0 saturated carbocycles. The maximum Gasteiger partial charge on any atom is 0.186 e. The second kappa shape index (κ2) is 5.29. The summed E-state index contributed by atoms with van der Waals surface area (Å²) in [6.45, 7) is 1.96. The third-order valence-corrected chi connectivity index (χ3v) is 1.91. The van der Waals surface area contributed by atoms with Gasteiger partial charge in [0.1, 0.15) is 0 Å². The van der Waals surface area contributed by atoms with Crippen molar-refractivity contribution < 1.29 is 5.11 Å². The Morgan fingerprint density at radius 3 is 2.57 bits per heavy atom. The van der Waals surface area contributed by atoms with E-state index >= 15 is 0 Å². The van der Waals surface area contributed by atoms with Crippen LogP contribution in [0.4, 0.5) is 5.69 Å². The van der Waals surface area contributed by atoms with Gasteiger partial charge >= 0.3 is 0 Å². The van der Waals surface area contributed by atoms with Gasteiger partial charge in [-0.05, 0) is 32.2 Å². The molecule has 0 aliphatic rings. The van der Waals surface area contributed by atoms with Gasteiger partial charge in [0.15, 0.2) is 5.88 Å². The summed E-state index contributed by atoms with van der Waals surface area (Å²) in [5.41, 5.74) is 0.879. The molecule has 1 aromatic carbocycles. The van der Waals surface area contributed by atoms with Crippen LogP contribution in [-0.4, -0.2) is 18.2 Å². The fourth-order valence-corrected chi connectivity index (χ4v) is 1.03. The number of para-hydroxylation sites is 1. The van der Waals surface area contributed by atoms with Gasteiger partial charge in [-0.1, -0.05) is 18.2 Å². The predicted octanol–water partition coefficient (Wildman–Crippen LogP) is 2.11. The van der Waals surface area contributed by atoms with Crippen molar-refractivity contribution in [3.05, 3.63) is 42.3 Å². The van der Waals surface area contributed by atoms with Gasteiger partial charge in [-0.3, -0.25) is 0 Å². The number of aliphatic hydroxyl groups is 1. The first kappa shape index (κ1) is 10.6. The lowest BCUT2D eigenvalue weighted by atomic mass is 10.3. The maximum atomic E-state index is 9.51. The third-order valence-electron chi connectivity index (χ3n) is 1.91. The molecule has 14 heavy (non-hydrogen) atoms. The molecule has 1 atom stereocenters. The van der Waals surface area contributed by atoms with E-state index in [1.807, 2.05) is 44.3 Å². The van der Waals surface area contributed by atoms with Crippen molar-refractivity contribution in [2.75, 3.05) is 12.4 Å². The number of hydrogen-bond donors (Lipinski definition) is 3. The lowest BCUT2D eigenvalue weighted by Crippen LogP contribution is -2.19. The number of aliphatic hydroxyl groups excluding tert-OH is 1. The van der Waals surface area contributed by atoms with Crippen LogP contribution >= 0.6 is 0 Å². The van der Waals surface area contributed by atoms with Crippen LogP contribution < -0.4 is 10.6 Å². The fourth-order valence-electron chi connectivity index (χ4n) is 1.03. The molecule has 0 amide bonds. The van der Waals surface area contributed by atoms with E-state index in [2.05, 4.69) is 10.6 Å². The number of likely N-dealkylation sites (N-methyl/N-ethyl adjacent to an activating group) is 1. The Morgan fingerprint density at radius 1 is 1.36 bits per heavy atom. The molecule has 3 nitrogen and oxygen atoms in total. The van der Waals surface area contributed by atoms with Crippen molar-refractivity contribution in [1.29, 1.82) is 0 Å². The highest BCUT2D eigenvalue weighted by molar-refractivity contribution is 5.46. The number of nitrogens with one attached hydrogen (secondary N) is 2. The monoisotopic (exact) mass is 192 g/mol. The van der Waals surface area contributed by atoms with Crippen LogP contribution in [0.3, 0.4) is 0 Å². The van der Waals surface area contributed by atoms with E-state index in [9.17, 15) is 5.11 Å². The second-order valence-corrected chi connectivity index (χ2v) is 3.12. The highest BCUT2D eigenvalue weighted by atomic mass is 16.3. The van der Waals surface area contributed by atoms with Crippen LogP contribution in [-0.2, 0) is 0 Å². The van der Waals surface area contributed by atoms with E-state index in [4.69, 9.17) is 0 Å². The van der Waals surface area contributed by atoms with Crippen LogP contribution in [0, 0.1) is 0 Å². The van der Waals surface area contributed by atoms with Gasteiger partial charge in [0.25, 0.3) is 0 Å². The smallest absolute Gasteiger partial charge is 0.186 e. The zero-order chi connectivity index (χ0) is 10.4. The van der Waals surface area contributed by atoms with Gasteiger partial charge in [0.05, 0.1) is 0 Å². The topological polar surface area (TPSA) is 44.3 Å². The summed E-state index contributed by atoms with van der Waals surface area (Å²) >= 11 is 0. The molecule has 1 aromatic rings. The van der Waals surface area contributed by atoms with E-state index in [0.29, 0.717) is 0 Å². The van der Waals surface area contributed by atoms with Crippen LogP contribution in [0.25, 0.3) is 0 Å². The Hall–Kier alpha value is -1.48. The molecule has 76 valence electrons. The molecule has 0 spiro atoms. The minimum Gasteiger partial charge on any atom is -0.495 e. The first-order valence-electron chi connectivity index (χ1n) is 4.62. The molecule has 1 unspecified atom stereocenters. The van der Waals surface area contributed by atoms with Crippen LogP contribution in [0.2, 0.25) is 0 Å². The van der Waals surface area contributed by atoms with E-state index in [1.54, 1.807) is 6.08 Å². The minimum atomic E-state index is 0.145. The van der Waals surface area contributed by atoms with Crippen molar-refractivity contribution in [1.82, 2.24) is 5.32 Å². The lowest BCUT2D eigenvalue weighted by molar-refractivity contribution is 0.413. The zero-order valence-corrected chi connectivity index (χ0v) is 8.49. The summed E-state index contributed by atoms with van der Waals surface area (Å²) in [7, 11) is 1.84. The van der Waals surface area contributed by atoms with Gasteiger partial charge in [-0.15, -0.1) is 0 Å². The minimum absolute atomic E-state index is 0.145. The van der Waals surface area contributed by atoms with E-state index < -0.39 is 0 Å². The molecule has 0 aliphatic heterocycles. The number of hydrogen-bond acceptors (Lipinski definition) is 3. The molecule has 0 fully saturated rings. The van der Waals surface area contributed by atoms with Gasteiger partial charge in [-0.2, -0.15) is 0 Å². The van der Waals surface area contributed by atoms with Crippen LogP contribution in [0.1, 0.15) is 6.92 Å². The molecule has 0 aromatic heterocycles. The Morgan fingerprint density at radius 2 is 2.00 bits per heavy atom. The van der Waals surface area contributed by atoms with Gasteiger partial charge in [0.2, 0.25) is 0 Å². The van der Waals surface area contributed by atoms with Crippen molar-refractivity contribution in [2.24, 2.45) is 0 Å². The molecule has 3 N–H and O–H groups in total. The Balaban J connectivity index is 2.57. The molecule has 0 heterocycles. The lowest BCUT2D eigenvalue weighted by Gasteiger charge is -2.08. The maximum absolute atomic E-state index is 9.51. The standard InChI is InChI=1S/C11H16N2O/c1-9(12-2)8-11(14)13-10-6-4-3-5-7-10/h3-9,12-14H,1-2H3/b11-8+. The molecule has 0 radical (unpaired) electrons. The largest absolute Gasteiger partial charge is 0.495 e. The Labute approximate surface area is 84.5 Å². The van der Waals surface area contributed by atoms with Gasteiger partial charge in [0, 0.05) is 11.7 Å². The van der Waals surface area contributed by atoms with Crippen molar-refractivity contribution in [3.8, 4) is 0 Å². The van der Waals surface area contributed by atoms with E-state index in [-0.39, 0.29) is 11.9 Å². The van der Waals surface area contributed by atoms with Gasteiger partial charge in [-0.25, -0.2) is 0 Å². The van der Waals surface area contributed by atoms with Crippen LogP contribution in [0.15, 0.2) is 42.3 Å². The first-order chi connectivity index (χ1) is 6.72. The normalized spacial score (nSPS) is 13.7. The summed E-state index contributed by atoms with van der Waals surface area (Å²) in [6.07, 6.45) is 1.72. The zero-order valence-electron chi connectivity index (χ0n) is 8.49. The summed E-state index contributed by atoms with van der Waals surface area (Å²) in [5.74, 6) is 0.165. The molecule has 0 saturated heterocycles. The van der Waals surface area contributed by atoms with Crippen molar-refractivity contribution in [3.63, 3.8) is 0 Å². The van der Waals surface area contributed by atoms with E-state index in [0.717, 1.165) is 5.69 Å². The van der Waals surface area contributed by atoms with Gasteiger partial charge < -0.3 is 15.7 Å². The molecular formula is C11H16N2O. The highest BCUT2D eigenvalue weighted by Crippen LogP contribution is 2.07. The quantitative estimate of drug-likeness (QED) is 0.640. The molecule has 1 rings (SSSR count). The Kier molecular flexibility index (Phi) is 4.01. The number of rotatable bonds is 4. The summed E-state index contributed by atoms with van der Waals surface area (Å²) in [6, 6.07) is 9.70. The average Bonchev–Trinajstić information content (AvgIpc) is 2.19. The number of benzene rings is 1. The van der Waals surface area contributed by atoms with Crippen molar-refractivity contribution >= 4 is 5.69 Å². The molecule has 0 bridgehead atoms.